The van der Waals surface area contributed by atoms with Gasteiger partial charge in [-0.2, -0.15) is 0 Å². The smallest absolute Gasteiger partial charge is 0.407 e. The topological polar surface area (TPSA) is 67.6 Å². The van der Waals surface area contributed by atoms with Crippen LogP contribution in [0.15, 0.2) is 0 Å². The molecule has 0 aromatic rings. The summed E-state index contributed by atoms with van der Waals surface area (Å²) in [5, 5.41) is 2.78. The van der Waals surface area contributed by atoms with Crippen molar-refractivity contribution in [2.45, 2.75) is 59.1 Å². The van der Waals surface area contributed by atoms with Gasteiger partial charge in [-0.3, -0.25) is 0 Å². The quantitative estimate of drug-likeness (QED) is 0.718. The number of nitrogens with zero attached hydrogens (tertiary/aromatic N) is 1. The zero-order valence-electron chi connectivity index (χ0n) is 14.0. The molecule has 0 rings (SSSR count). The average molecular weight is 287 g/mol. The Balaban J connectivity index is 4.04. The standard InChI is InChI=1S/C15H33N3O2/c1-7-12(2)11-18(6)13(10-16)8-9-17-14(19)20-15(3,4)5/h12-13H,7-11,16H2,1-6H3,(H,17,19). The Morgan fingerprint density at radius 2 is 2.00 bits per heavy atom. The van der Waals surface area contributed by atoms with Gasteiger partial charge in [-0.15, -0.1) is 0 Å². The molecule has 120 valence electrons. The number of amides is 1. The van der Waals surface area contributed by atoms with Crippen molar-refractivity contribution in [1.29, 1.82) is 0 Å². The third kappa shape index (κ3) is 9.15. The Kier molecular flexibility index (Phi) is 8.81. The van der Waals surface area contributed by atoms with E-state index in [4.69, 9.17) is 10.5 Å². The van der Waals surface area contributed by atoms with E-state index in [0.717, 1.165) is 19.4 Å². The highest BCUT2D eigenvalue weighted by Gasteiger charge is 2.18. The number of rotatable bonds is 8. The van der Waals surface area contributed by atoms with Crippen molar-refractivity contribution in [3.8, 4) is 0 Å². The van der Waals surface area contributed by atoms with E-state index in [1.54, 1.807) is 0 Å². The fourth-order valence-electron chi connectivity index (χ4n) is 1.94. The van der Waals surface area contributed by atoms with Crippen LogP contribution in [0.1, 0.15) is 47.5 Å². The van der Waals surface area contributed by atoms with Gasteiger partial charge in [0.1, 0.15) is 5.60 Å². The van der Waals surface area contributed by atoms with Crippen LogP contribution in [-0.4, -0.2) is 49.3 Å². The van der Waals surface area contributed by atoms with Crippen LogP contribution in [0, 0.1) is 5.92 Å². The maximum Gasteiger partial charge on any atom is 0.407 e. The van der Waals surface area contributed by atoms with Crippen molar-refractivity contribution in [3.05, 3.63) is 0 Å². The Morgan fingerprint density at radius 3 is 2.45 bits per heavy atom. The lowest BCUT2D eigenvalue weighted by molar-refractivity contribution is 0.0522. The van der Waals surface area contributed by atoms with E-state index in [1.807, 2.05) is 20.8 Å². The molecule has 0 spiro atoms. The van der Waals surface area contributed by atoms with Crippen LogP contribution in [-0.2, 0) is 4.74 Å². The molecule has 0 saturated heterocycles. The summed E-state index contributed by atoms with van der Waals surface area (Å²) < 4.78 is 5.20. The molecule has 0 aromatic carbocycles. The third-order valence-electron chi connectivity index (χ3n) is 3.34. The minimum Gasteiger partial charge on any atom is -0.444 e. The van der Waals surface area contributed by atoms with Crippen LogP contribution >= 0.6 is 0 Å². The summed E-state index contributed by atoms with van der Waals surface area (Å²) in [6.45, 7) is 12.2. The number of nitrogens with two attached hydrogens (primary N) is 1. The van der Waals surface area contributed by atoms with Gasteiger partial charge in [0.05, 0.1) is 0 Å². The summed E-state index contributed by atoms with van der Waals surface area (Å²) in [5.74, 6) is 0.660. The second-order valence-electron chi connectivity index (χ2n) is 6.56. The Labute approximate surface area is 124 Å². The second kappa shape index (κ2) is 9.19. The number of hydrogen-bond donors (Lipinski definition) is 2. The van der Waals surface area contributed by atoms with Crippen molar-refractivity contribution in [2.75, 3.05) is 26.7 Å². The van der Waals surface area contributed by atoms with Crippen LogP contribution in [0.2, 0.25) is 0 Å². The van der Waals surface area contributed by atoms with Gasteiger partial charge in [0, 0.05) is 25.7 Å². The van der Waals surface area contributed by atoms with E-state index < -0.39 is 5.60 Å². The first kappa shape index (κ1) is 19.2. The van der Waals surface area contributed by atoms with Gasteiger partial charge in [-0.25, -0.2) is 4.79 Å². The summed E-state index contributed by atoms with van der Waals surface area (Å²) in [5.41, 5.74) is 5.37. The fourth-order valence-corrected chi connectivity index (χ4v) is 1.94. The van der Waals surface area contributed by atoms with E-state index in [0.29, 0.717) is 25.0 Å². The zero-order valence-corrected chi connectivity index (χ0v) is 14.0. The highest BCUT2D eigenvalue weighted by Crippen LogP contribution is 2.08. The minimum absolute atomic E-state index is 0.291. The molecule has 0 fully saturated rings. The monoisotopic (exact) mass is 287 g/mol. The van der Waals surface area contributed by atoms with Gasteiger partial charge < -0.3 is 20.7 Å². The van der Waals surface area contributed by atoms with Crippen LogP contribution in [0.3, 0.4) is 0 Å². The molecule has 5 heteroatoms. The van der Waals surface area contributed by atoms with E-state index in [1.165, 1.54) is 0 Å². The molecule has 0 aromatic heterocycles. The molecule has 1 amide bonds. The first-order valence-electron chi connectivity index (χ1n) is 7.56. The summed E-state index contributed by atoms with van der Waals surface area (Å²) >= 11 is 0. The molecule has 20 heavy (non-hydrogen) atoms. The SMILES string of the molecule is CCC(C)CN(C)C(CN)CCNC(=O)OC(C)(C)C. The molecule has 0 saturated carbocycles. The average Bonchev–Trinajstić information content (AvgIpc) is 2.32. The molecular formula is C15H33N3O2. The molecule has 0 bridgehead atoms. The number of carbonyl (C=O) groups excluding carboxylic acids is 1. The Morgan fingerprint density at radius 1 is 1.40 bits per heavy atom. The predicted octanol–water partition coefficient (Wildman–Crippen LogP) is 2.21. The molecule has 0 aliphatic rings. The predicted molar refractivity (Wildman–Crippen MR) is 83.8 cm³/mol. The fraction of sp³-hybridized carbons (Fsp3) is 0.933. The third-order valence-corrected chi connectivity index (χ3v) is 3.34. The Hall–Kier alpha value is -0.810. The van der Waals surface area contributed by atoms with Gasteiger partial charge in [-0.1, -0.05) is 20.3 Å². The van der Waals surface area contributed by atoms with Crippen LogP contribution in [0.25, 0.3) is 0 Å². The maximum absolute atomic E-state index is 11.5. The summed E-state index contributed by atoms with van der Waals surface area (Å²) in [7, 11) is 2.09. The second-order valence-corrected chi connectivity index (χ2v) is 6.56. The first-order valence-corrected chi connectivity index (χ1v) is 7.56. The van der Waals surface area contributed by atoms with E-state index >= 15 is 0 Å². The molecule has 0 aliphatic heterocycles. The Bertz CT molecular complexity index is 277. The number of likely N-dealkylation sites (N-methyl/N-ethyl adjacent to an activating group) is 1. The van der Waals surface area contributed by atoms with Gasteiger partial charge in [0.2, 0.25) is 0 Å². The van der Waals surface area contributed by atoms with Gasteiger partial charge in [-0.05, 0) is 40.2 Å². The maximum atomic E-state index is 11.5. The van der Waals surface area contributed by atoms with Crippen LogP contribution < -0.4 is 11.1 Å². The summed E-state index contributed by atoms with van der Waals surface area (Å²) in [6.07, 6.45) is 1.64. The molecule has 0 radical (unpaired) electrons. The van der Waals surface area contributed by atoms with Crippen molar-refractivity contribution < 1.29 is 9.53 Å². The molecule has 0 aliphatic carbocycles. The normalized spacial score (nSPS) is 15.0. The lowest BCUT2D eigenvalue weighted by atomic mass is 10.1. The molecule has 0 heterocycles. The summed E-state index contributed by atoms with van der Waals surface area (Å²) in [6, 6.07) is 0.291. The van der Waals surface area contributed by atoms with Crippen molar-refractivity contribution in [1.82, 2.24) is 10.2 Å². The largest absolute Gasteiger partial charge is 0.444 e. The zero-order chi connectivity index (χ0) is 15.8. The van der Waals surface area contributed by atoms with Crippen molar-refractivity contribution >= 4 is 6.09 Å². The number of carbonyl (C=O) groups is 1. The molecule has 5 nitrogen and oxygen atoms in total. The number of hydrogen-bond acceptors (Lipinski definition) is 4. The van der Waals surface area contributed by atoms with Gasteiger partial charge in [0.25, 0.3) is 0 Å². The van der Waals surface area contributed by atoms with E-state index in [-0.39, 0.29) is 6.09 Å². The molecule has 2 atom stereocenters. The van der Waals surface area contributed by atoms with Gasteiger partial charge in [0.15, 0.2) is 0 Å². The molecular weight excluding hydrogens is 254 g/mol. The summed E-state index contributed by atoms with van der Waals surface area (Å²) in [4.78, 5) is 13.8. The molecule has 3 N–H and O–H groups in total. The van der Waals surface area contributed by atoms with Crippen molar-refractivity contribution in [2.24, 2.45) is 11.7 Å². The highest BCUT2D eigenvalue weighted by atomic mass is 16.6. The van der Waals surface area contributed by atoms with E-state index in [9.17, 15) is 4.79 Å². The number of alkyl carbamates (subject to hydrolysis) is 1. The van der Waals surface area contributed by atoms with E-state index in [2.05, 4.69) is 31.1 Å². The lowest BCUT2D eigenvalue weighted by Crippen LogP contribution is -2.43. The van der Waals surface area contributed by atoms with Crippen molar-refractivity contribution in [3.63, 3.8) is 0 Å². The van der Waals surface area contributed by atoms with Crippen LogP contribution in [0.5, 0.6) is 0 Å². The number of nitrogens with one attached hydrogen (secondary N) is 1. The first-order chi connectivity index (χ1) is 9.19. The lowest BCUT2D eigenvalue weighted by Gasteiger charge is -2.29. The highest BCUT2D eigenvalue weighted by molar-refractivity contribution is 5.67. The van der Waals surface area contributed by atoms with Gasteiger partial charge >= 0.3 is 6.09 Å². The molecule has 2 unspecified atom stereocenters. The minimum atomic E-state index is -0.454. The number of ether oxygens (including phenoxy) is 1. The van der Waals surface area contributed by atoms with Crippen LogP contribution in [0.4, 0.5) is 4.79 Å².